The first-order valence-corrected chi connectivity index (χ1v) is 9.32. The van der Waals surface area contributed by atoms with E-state index in [9.17, 15) is 14.4 Å². The van der Waals surface area contributed by atoms with E-state index in [1.807, 2.05) is 24.0 Å². The van der Waals surface area contributed by atoms with E-state index in [2.05, 4.69) is 5.32 Å². The number of carbonyl (C=O) groups is 3. The molecule has 2 aromatic rings. The summed E-state index contributed by atoms with van der Waals surface area (Å²) in [5.74, 6) is -0.289. The molecule has 3 rings (SSSR count). The molecule has 0 bridgehead atoms. The Bertz CT molecular complexity index is 837. The van der Waals surface area contributed by atoms with Gasteiger partial charge in [-0.05, 0) is 38.0 Å². The average molecular weight is 364 g/mol. The summed E-state index contributed by atoms with van der Waals surface area (Å²) in [6, 6.07) is 14.3. The Morgan fingerprint density at radius 1 is 0.926 bits per heavy atom. The summed E-state index contributed by atoms with van der Waals surface area (Å²) in [4.78, 5) is 38.6. The molecule has 0 radical (unpaired) electrons. The van der Waals surface area contributed by atoms with Crippen molar-refractivity contribution in [3.8, 4) is 0 Å². The van der Waals surface area contributed by atoms with Gasteiger partial charge in [0.25, 0.3) is 5.91 Å². The molecular formula is C22H24N2O3. The van der Waals surface area contributed by atoms with Crippen molar-refractivity contribution in [2.45, 2.75) is 32.6 Å². The van der Waals surface area contributed by atoms with E-state index >= 15 is 0 Å². The van der Waals surface area contributed by atoms with E-state index in [4.69, 9.17) is 0 Å². The Morgan fingerprint density at radius 3 is 2.33 bits per heavy atom. The number of benzene rings is 2. The minimum Gasteiger partial charge on any atom is -0.339 e. The second-order valence-corrected chi connectivity index (χ2v) is 6.92. The Kier molecular flexibility index (Phi) is 6.01. The molecule has 140 valence electrons. The van der Waals surface area contributed by atoms with Gasteiger partial charge >= 0.3 is 0 Å². The predicted molar refractivity (Wildman–Crippen MR) is 105 cm³/mol. The first-order chi connectivity index (χ1) is 13.0. The van der Waals surface area contributed by atoms with Crippen LogP contribution in [0, 0.1) is 6.92 Å². The Morgan fingerprint density at radius 2 is 1.63 bits per heavy atom. The molecule has 5 heteroatoms. The van der Waals surface area contributed by atoms with Crippen LogP contribution >= 0.6 is 0 Å². The maximum Gasteiger partial charge on any atom is 0.253 e. The van der Waals surface area contributed by atoms with Crippen LogP contribution in [0.15, 0.2) is 48.5 Å². The quantitative estimate of drug-likeness (QED) is 0.792. The predicted octanol–water partition coefficient (Wildman–Crippen LogP) is 3.83. The lowest BCUT2D eigenvalue weighted by Gasteiger charge is -2.15. The summed E-state index contributed by atoms with van der Waals surface area (Å²) in [5.41, 5.74) is 2.86. The number of Topliss-reactive ketones (excluding diaryl/α,β-unsaturated/α-hetero) is 1. The number of likely N-dealkylation sites (tertiary alicyclic amines) is 1. The van der Waals surface area contributed by atoms with Crippen molar-refractivity contribution in [3.63, 3.8) is 0 Å². The lowest BCUT2D eigenvalue weighted by Crippen LogP contribution is -2.27. The highest BCUT2D eigenvalue weighted by Crippen LogP contribution is 2.17. The van der Waals surface area contributed by atoms with Crippen LogP contribution in [0.4, 0.5) is 5.69 Å². The van der Waals surface area contributed by atoms with Gasteiger partial charge in [-0.25, -0.2) is 0 Å². The molecule has 0 unspecified atom stereocenters. The second kappa shape index (κ2) is 8.62. The maximum absolute atomic E-state index is 12.4. The number of hydrogen-bond acceptors (Lipinski definition) is 3. The lowest BCUT2D eigenvalue weighted by molar-refractivity contribution is -0.116. The molecule has 1 heterocycles. The summed E-state index contributed by atoms with van der Waals surface area (Å²) >= 11 is 0. The molecule has 0 aromatic heterocycles. The van der Waals surface area contributed by atoms with Crippen LogP contribution in [0.3, 0.4) is 0 Å². The van der Waals surface area contributed by atoms with Gasteiger partial charge in [0.15, 0.2) is 5.78 Å². The standard InChI is InChI=1S/C22H24N2O3/c1-16-7-9-17(10-8-16)20(25)11-12-21(26)23-19-6-4-5-18(15-19)22(27)24-13-2-3-14-24/h4-10,15H,2-3,11-14H2,1H3,(H,23,26). The van der Waals surface area contributed by atoms with Gasteiger partial charge in [-0.2, -0.15) is 0 Å². The molecule has 5 nitrogen and oxygen atoms in total. The number of ketones is 1. The Labute approximate surface area is 159 Å². The second-order valence-electron chi connectivity index (χ2n) is 6.92. The van der Waals surface area contributed by atoms with Gasteiger partial charge in [-0.3, -0.25) is 14.4 Å². The SMILES string of the molecule is Cc1ccc(C(=O)CCC(=O)Nc2cccc(C(=O)N3CCCC3)c2)cc1. The molecule has 0 spiro atoms. The molecular weight excluding hydrogens is 340 g/mol. The number of anilines is 1. The zero-order valence-electron chi connectivity index (χ0n) is 15.5. The van der Waals surface area contributed by atoms with Crippen molar-refractivity contribution in [1.29, 1.82) is 0 Å². The molecule has 27 heavy (non-hydrogen) atoms. The fourth-order valence-electron chi connectivity index (χ4n) is 3.17. The monoisotopic (exact) mass is 364 g/mol. The van der Waals surface area contributed by atoms with Crippen molar-refractivity contribution in [2.24, 2.45) is 0 Å². The fraction of sp³-hybridized carbons (Fsp3) is 0.318. The number of nitrogens with zero attached hydrogens (tertiary/aromatic N) is 1. The molecule has 1 aliphatic rings. The first kappa shape index (κ1) is 18.8. The van der Waals surface area contributed by atoms with E-state index in [0.29, 0.717) is 16.8 Å². The highest BCUT2D eigenvalue weighted by Gasteiger charge is 2.19. The number of carbonyl (C=O) groups excluding carboxylic acids is 3. The smallest absolute Gasteiger partial charge is 0.253 e. The normalized spacial score (nSPS) is 13.4. The van der Waals surface area contributed by atoms with Crippen LogP contribution in [0.1, 0.15) is 52.0 Å². The average Bonchev–Trinajstić information content (AvgIpc) is 3.21. The van der Waals surface area contributed by atoms with E-state index in [0.717, 1.165) is 31.5 Å². The lowest BCUT2D eigenvalue weighted by atomic mass is 10.0. The summed E-state index contributed by atoms with van der Waals surface area (Å²) in [5, 5.41) is 2.78. The third kappa shape index (κ3) is 5.03. The van der Waals surface area contributed by atoms with Crippen molar-refractivity contribution in [3.05, 3.63) is 65.2 Å². The van der Waals surface area contributed by atoms with Gasteiger partial charge in [0, 0.05) is 42.7 Å². The van der Waals surface area contributed by atoms with Crippen LogP contribution in [0.5, 0.6) is 0 Å². The number of nitrogens with one attached hydrogen (secondary N) is 1. The number of amides is 2. The Balaban J connectivity index is 1.54. The van der Waals surface area contributed by atoms with Gasteiger partial charge in [0.2, 0.25) is 5.91 Å². The molecule has 1 aliphatic heterocycles. The molecule has 2 aromatic carbocycles. The third-order valence-electron chi connectivity index (χ3n) is 4.74. The van der Waals surface area contributed by atoms with E-state index in [1.165, 1.54) is 0 Å². The van der Waals surface area contributed by atoms with Crippen molar-refractivity contribution in [1.82, 2.24) is 4.90 Å². The molecule has 1 fully saturated rings. The Hall–Kier alpha value is -2.95. The van der Waals surface area contributed by atoms with E-state index < -0.39 is 0 Å². The van der Waals surface area contributed by atoms with E-state index in [1.54, 1.807) is 36.4 Å². The van der Waals surface area contributed by atoms with Crippen LogP contribution in [0.2, 0.25) is 0 Å². The molecule has 1 N–H and O–H groups in total. The zero-order chi connectivity index (χ0) is 19.2. The molecule has 0 atom stereocenters. The molecule has 2 amide bonds. The first-order valence-electron chi connectivity index (χ1n) is 9.32. The van der Waals surface area contributed by atoms with Crippen molar-refractivity contribution >= 4 is 23.3 Å². The van der Waals surface area contributed by atoms with Crippen LogP contribution in [0.25, 0.3) is 0 Å². The van der Waals surface area contributed by atoms with Gasteiger partial charge in [-0.15, -0.1) is 0 Å². The molecule has 0 saturated carbocycles. The largest absolute Gasteiger partial charge is 0.339 e. The van der Waals surface area contributed by atoms with Gasteiger partial charge in [0.05, 0.1) is 0 Å². The summed E-state index contributed by atoms with van der Waals surface area (Å²) < 4.78 is 0. The topological polar surface area (TPSA) is 66.5 Å². The highest BCUT2D eigenvalue weighted by atomic mass is 16.2. The summed E-state index contributed by atoms with van der Waals surface area (Å²) in [6.07, 6.45) is 2.34. The van der Waals surface area contributed by atoms with Gasteiger partial charge in [0.1, 0.15) is 0 Å². The minimum atomic E-state index is -0.235. The molecule has 0 aliphatic carbocycles. The summed E-state index contributed by atoms with van der Waals surface area (Å²) in [6.45, 7) is 3.54. The van der Waals surface area contributed by atoms with Gasteiger partial charge < -0.3 is 10.2 Å². The summed E-state index contributed by atoms with van der Waals surface area (Å²) in [7, 11) is 0. The van der Waals surface area contributed by atoms with Crippen molar-refractivity contribution in [2.75, 3.05) is 18.4 Å². The molecule has 1 saturated heterocycles. The van der Waals surface area contributed by atoms with Gasteiger partial charge in [-0.1, -0.05) is 35.9 Å². The maximum atomic E-state index is 12.4. The zero-order valence-corrected chi connectivity index (χ0v) is 15.5. The van der Waals surface area contributed by atoms with Crippen LogP contribution in [-0.2, 0) is 4.79 Å². The minimum absolute atomic E-state index is 0.00171. The number of hydrogen-bond donors (Lipinski definition) is 1. The van der Waals surface area contributed by atoms with Crippen molar-refractivity contribution < 1.29 is 14.4 Å². The van der Waals surface area contributed by atoms with Crippen LogP contribution < -0.4 is 5.32 Å². The highest BCUT2D eigenvalue weighted by molar-refractivity contribution is 6.01. The third-order valence-corrected chi connectivity index (χ3v) is 4.74. The van der Waals surface area contributed by atoms with E-state index in [-0.39, 0.29) is 30.4 Å². The van der Waals surface area contributed by atoms with Crippen LogP contribution in [-0.4, -0.2) is 35.6 Å². The fourth-order valence-corrected chi connectivity index (χ4v) is 3.17. The number of aryl methyl sites for hydroxylation is 1. The number of rotatable bonds is 6.